The zero-order valence-corrected chi connectivity index (χ0v) is 9.37. The molecule has 0 unspecified atom stereocenters. The largest absolute Gasteiger partial charge is 0.481 e. The molecule has 1 N–H and O–H groups in total. The van der Waals surface area contributed by atoms with E-state index in [1.165, 1.54) is 13.8 Å². The Hall–Kier alpha value is -1.11. The molecular weight excluding hydrogens is 222 g/mol. The van der Waals surface area contributed by atoms with Crippen molar-refractivity contribution in [2.75, 3.05) is 6.54 Å². The lowest BCUT2D eigenvalue weighted by Crippen LogP contribution is -2.67. The van der Waals surface area contributed by atoms with Crippen LogP contribution in [0.5, 0.6) is 0 Å². The number of nitrogens with zero attached hydrogens (tertiary/aromatic N) is 1. The van der Waals surface area contributed by atoms with Crippen LogP contribution in [0.15, 0.2) is 0 Å². The molecule has 6 nitrogen and oxygen atoms in total. The zero-order chi connectivity index (χ0) is 11.9. The standard InChI is InChI=1S/C8H13NO5S/c1-8(2)7(12)9(15(8,13)14)5-3-4-6(10)11/h3-5H2,1-2H3,(H,10,11). The highest BCUT2D eigenvalue weighted by Gasteiger charge is 2.59. The van der Waals surface area contributed by atoms with E-state index < -0.39 is 26.6 Å². The minimum absolute atomic E-state index is 0.0447. The molecule has 0 aromatic rings. The summed E-state index contributed by atoms with van der Waals surface area (Å²) in [6, 6.07) is 0. The third kappa shape index (κ3) is 1.71. The van der Waals surface area contributed by atoms with Gasteiger partial charge in [0.2, 0.25) is 0 Å². The molecule has 1 fully saturated rings. The van der Waals surface area contributed by atoms with Crippen LogP contribution in [-0.2, 0) is 19.6 Å². The number of amides is 1. The van der Waals surface area contributed by atoms with Crippen molar-refractivity contribution in [2.24, 2.45) is 0 Å². The van der Waals surface area contributed by atoms with E-state index in [1.807, 2.05) is 0 Å². The van der Waals surface area contributed by atoms with Gasteiger partial charge < -0.3 is 5.11 Å². The highest BCUT2D eigenvalue weighted by Crippen LogP contribution is 2.34. The Balaban J connectivity index is 2.60. The molecule has 15 heavy (non-hydrogen) atoms. The fourth-order valence-electron chi connectivity index (χ4n) is 1.35. The summed E-state index contributed by atoms with van der Waals surface area (Å²) in [5.41, 5.74) is 0. The summed E-state index contributed by atoms with van der Waals surface area (Å²) < 4.78 is 22.4. The molecule has 0 saturated carbocycles. The third-order valence-corrected chi connectivity index (χ3v) is 4.82. The molecule has 1 aliphatic rings. The van der Waals surface area contributed by atoms with Gasteiger partial charge in [0.05, 0.1) is 0 Å². The Labute approximate surface area is 87.9 Å². The van der Waals surface area contributed by atoms with Gasteiger partial charge >= 0.3 is 5.97 Å². The molecule has 0 atom stereocenters. The number of carboxylic acids is 1. The molecule has 1 heterocycles. The Morgan fingerprint density at radius 1 is 1.47 bits per heavy atom. The second kappa shape index (κ2) is 3.48. The fraction of sp³-hybridized carbons (Fsp3) is 0.750. The van der Waals surface area contributed by atoms with Gasteiger partial charge in [-0.2, -0.15) is 0 Å². The maximum Gasteiger partial charge on any atom is 0.303 e. The van der Waals surface area contributed by atoms with Gasteiger partial charge in [0, 0.05) is 13.0 Å². The molecule has 0 aromatic carbocycles. The summed E-state index contributed by atoms with van der Waals surface area (Å²) in [6.45, 7) is 2.65. The SMILES string of the molecule is CC1(C)C(=O)N(CCCC(=O)O)S1(=O)=O. The number of rotatable bonds is 4. The van der Waals surface area contributed by atoms with Crippen molar-refractivity contribution in [3.05, 3.63) is 0 Å². The molecule has 1 amide bonds. The summed E-state index contributed by atoms with van der Waals surface area (Å²) in [6.07, 6.45) is 0.0100. The van der Waals surface area contributed by atoms with Gasteiger partial charge in [-0.3, -0.25) is 9.59 Å². The van der Waals surface area contributed by atoms with Crippen LogP contribution >= 0.6 is 0 Å². The lowest BCUT2D eigenvalue weighted by Gasteiger charge is -2.42. The van der Waals surface area contributed by atoms with E-state index in [2.05, 4.69) is 0 Å². The minimum Gasteiger partial charge on any atom is -0.481 e. The Bertz CT molecular complexity index is 397. The van der Waals surface area contributed by atoms with Gasteiger partial charge in [0.15, 0.2) is 4.75 Å². The smallest absolute Gasteiger partial charge is 0.303 e. The van der Waals surface area contributed by atoms with Crippen LogP contribution in [0, 0.1) is 0 Å². The second-order valence-electron chi connectivity index (χ2n) is 3.89. The Morgan fingerprint density at radius 3 is 2.40 bits per heavy atom. The van der Waals surface area contributed by atoms with Gasteiger partial charge in [-0.15, -0.1) is 0 Å². The van der Waals surface area contributed by atoms with E-state index in [4.69, 9.17) is 5.11 Å². The van der Waals surface area contributed by atoms with E-state index in [-0.39, 0.29) is 19.4 Å². The molecule has 86 valence electrons. The van der Waals surface area contributed by atoms with Gasteiger partial charge in [0.25, 0.3) is 15.9 Å². The van der Waals surface area contributed by atoms with Crippen LogP contribution in [0.3, 0.4) is 0 Å². The van der Waals surface area contributed by atoms with Gasteiger partial charge in [-0.05, 0) is 20.3 Å². The summed E-state index contributed by atoms with van der Waals surface area (Å²) in [4.78, 5) is 21.6. The van der Waals surface area contributed by atoms with E-state index in [9.17, 15) is 18.0 Å². The number of carbonyl (C=O) groups excluding carboxylic acids is 1. The molecule has 7 heteroatoms. The highest BCUT2D eigenvalue weighted by atomic mass is 32.2. The average Bonchev–Trinajstić information content (AvgIpc) is 2.10. The normalized spacial score (nSPS) is 22.3. The van der Waals surface area contributed by atoms with Crippen molar-refractivity contribution >= 4 is 21.9 Å². The maximum absolute atomic E-state index is 11.5. The predicted octanol–water partition coefficient (Wildman–Crippen LogP) is -0.198. The molecule has 0 aromatic heterocycles. The first-order valence-corrected chi connectivity index (χ1v) is 5.94. The lowest BCUT2D eigenvalue weighted by atomic mass is 10.2. The van der Waals surface area contributed by atoms with E-state index in [0.717, 1.165) is 4.31 Å². The average molecular weight is 235 g/mol. The quantitative estimate of drug-likeness (QED) is 0.728. The maximum atomic E-state index is 11.5. The monoisotopic (exact) mass is 235 g/mol. The molecule has 0 spiro atoms. The van der Waals surface area contributed by atoms with Crippen LogP contribution < -0.4 is 0 Å². The van der Waals surface area contributed by atoms with Crippen LogP contribution in [0.4, 0.5) is 0 Å². The van der Waals surface area contributed by atoms with Gasteiger partial charge in [-0.1, -0.05) is 0 Å². The van der Waals surface area contributed by atoms with Crippen LogP contribution in [0.2, 0.25) is 0 Å². The van der Waals surface area contributed by atoms with E-state index in [0.29, 0.717) is 0 Å². The van der Waals surface area contributed by atoms with Crippen molar-refractivity contribution in [3.8, 4) is 0 Å². The van der Waals surface area contributed by atoms with Crippen molar-refractivity contribution in [1.82, 2.24) is 4.31 Å². The number of hydrogen-bond acceptors (Lipinski definition) is 4. The molecule has 0 aliphatic carbocycles. The molecule has 0 bridgehead atoms. The molecule has 1 saturated heterocycles. The third-order valence-electron chi connectivity index (χ3n) is 2.43. The van der Waals surface area contributed by atoms with Crippen LogP contribution in [0.25, 0.3) is 0 Å². The molecule has 1 aliphatic heterocycles. The minimum atomic E-state index is -3.56. The molecular formula is C8H13NO5S. The lowest BCUT2D eigenvalue weighted by molar-refractivity contribution is -0.138. The number of sulfonamides is 1. The number of aliphatic carboxylic acids is 1. The van der Waals surface area contributed by atoms with Crippen molar-refractivity contribution < 1.29 is 23.1 Å². The van der Waals surface area contributed by atoms with Crippen LogP contribution in [-0.4, -0.2) is 41.0 Å². The number of hydrogen-bond donors (Lipinski definition) is 1. The number of carboxylic acid groups (broad SMARTS) is 1. The van der Waals surface area contributed by atoms with Gasteiger partial charge in [0.1, 0.15) is 0 Å². The first-order chi connectivity index (χ1) is 6.71. The Morgan fingerprint density at radius 2 is 2.00 bits per heavy atom. The second-order valence-corrected chi connectivity index (χ2v) is 6.30. The first-order valence-electron chi connectivity index (χ1n) is 4.50. The zero-order valence-electron chi connectivity index (χ0n) is 8.56. The predicted molar refractivity (Wildman–Crippen MR) is 51.6 cm³/mol. The summed E-state index contributed by atoms with van der Waals surface area (Å²) in [7, 11) is -3.56. The van der Waals surface area contributed by atoms with Crippen molar-refractivity contribution in [1.29, 1.82) is 0 Å². The Kier molecular flexibility index (Phi) is 2.77. The molecule has 0 radical (unpaired) electrons. The molecule has 1 rings (SSSR count). The summed E-state index contributed by atoms with van der Waals surface area (Å²) in [5, 5.41) is 8.36. The topological polar surface area (TPSA) is 91.8 Å². The van der Waals surface area contributed by atoms with Crippen molar-refractivity contribution in [3.63, 3.8) is 0 Å². The number of carbonyl (C=O) groups is 2. The van der Waals surface area contributed by atoms with E-state index in [1.54, 1.807) is 0 Å². The summed E-state index contributed by atoms with van der Waals surface area (Å²) in [5.74, 6) is -1.47. The van der Waals surface area contributed by atoms with Crippen LogP contribution in [0.1, 0.15) is 26.7 Å². The van der Waals surface area contributed by atoms with Gasteiger partial charge in [-0.25, -0.2) is 12.7 Å². The fourth-order valence-corrected chi connectivity index (χ4v) is 2.92. The first kappa shape index (κ1) is 12.0. The van der Waals surface area contributed by atoms with E-state index >= 15 is 0 Å². The highest BCUT2D eigenvalue weighted by molar-refractivity contribution is 7.94. The van der Waals surface area contributed by atoms with Crippen molar-refractivity contribution in [2.45, 2.75) is 31.4 Å². The summed E-state index contributed by atoms with van der Waals surface area (Å²) >= 11 is 0.